The van der Waals surface area contributed by atoms with E-state index in [-0.39, 0.29) is 28.8 Å². The Kier molecular flexibility index (Phi) is 8.13. The maximum Gasteiger partial charge on any atom is 0.251 e. The van der Waals surface area contributed by atoms with Crippen LogP contribution in [0.2, 0.25) is 0 Å². The predicted octanol–water partition coefficient (Wildman–Crippen LogP) is 1.76. The van der Waals surface area contributed by atoms with Gasteiger partial charge in [-0.2, -0.15) is 0 Å². The zero-order chi connectivity index (χ0) is 24.7. The van der Waals surface area contributed by atoms with Crippen molar-refractivity contribution in [1.29, 1.82) is 0 Å². The number of nitrogens with one attached hydrogen (secondary N) is 2. The fourth-order valence-corrected chi connectivity index (χ4v) is 3.82. The number of nitrogens with zero attached hydrogens (tertiary/aromatic N) is 3. The highest BCUT2D eigenvalue weighted by Crippen LogP contribution is 2.18. The first-order valence-electron chi connectivity index (χ1n) is 10.8. The van der Waals surface area contributed by atoms with E-state index in [1.54, 1.807) is 6.20 Å². The number of benzene rings is 2. The highest BCUT2D eigenvalue weighted by molar-refractivity contribution is 7.89. The second kappa shape index (κ2) is 11.0. The van der Waals surface area contributed by atoms with Crippen LogP contribution in [0.4, 0.5) is 0 Å². The van der Waals surface area contributed by atoms with E-state index in [9.17, 15) is 18.0 Å². The molecule has 0 unspecified atom stereocenters. The van der Waals surface area contributed by atoms with Gasteiger partial charge in [-0.3, -0.25) is 9.59 Å². The topological polar surface area (TPSA) is 149 Å². The molecule has 0 saturated carbocycles. The first-order valence-corrected chi connectivity index (χ1v) is 12.3. The first-order chi connectivity index (χ1) is 16.1. The van der Waals surface area contributed by atoms with E-state index in [1.165, 1.54) is 28.9 Å². The number of aromatic nitrogens is 3. The molecule has 10 nitrogen and oxygen atoms in total. The monoisotopic (exact) mass is 484 g/mol. The van der Waals surface area contributed by atoms with Gasteiger partial charge in [-0.25, -0.2) is 18.2 Å². The third-order valence-corrected chi connectivity index (χ3v) is 5.99. The molecular weight excluding hydrogens is 456 g/mol. The maximum atomic E-state index is 12.9. The van der Waals surface area contributed by atoms with Crippen molar-refractivity contribution < 1.29 is 18.0 Å². The van der Waals surface area contributed by atoms with Gasteiger partial charge < -0.3 is 10.6 Å². The molecule has 0 spiro atoms. The van der Waals surface area contributed by atoms with Crippen LogP contribution in [0.15, 0.2) is 65.7 Å². The molecule has 11 heteroatoms. The maximum absolute atomic E-state index is 12.9. The smallest absolute Gasteiger partial charge is 0.251 e. The summed E-state index contributed by atoms with van der Waals surface area (Å²) in [6, 6.07) is 14.4. The number of sulfonamides is 1. The summed E-state index contributed by atoms with van der Waals surface area (Å²) in [5.41, 5.74) is 1.76. The lowest BCUT2D eigenvalue weighted by atomic mass is 10.0. The molecule has 180 valence electrons. The highest BCUT2D eigenvalue weighted by Gasteiger charge is 2.23. The van der Waals surface area contributed by atoms with Gasteiger partial charge in [-0.1, -0.05) is 49.4 Å². The molecule has 0 bridgehead atoms. The summed E-state index contributed by atoms with van der Waals surface area (Å²) in [5.74, 6) is -0.317. The van der Waals surface area contributed by atoms with Crippen LogP contribution in [0.3, 0.4) is 0 Å². The molecule has 1 heterocycles. The molecule has 0 fully saturated rings. The zero-order valence-corrected chi connectivity index (χ0v) is 19.8. The summed E-state index contributed by atoms with van der Waals surface area (Å²) < 4.78 is 24.2. The predicted molar refractivity (Wildman–Crippen MR) is 126 cm³/mol. The molecule has 0 saturated heterocycles. The minimum atomic E-state index is -3.83. The Labute approximate surface area is 198 Å². The van der Waals surface area contributed by atoms with Gasteiger partial charge in [0.15, 0.2) is 0 Å². The Morgan fingerprint density at radius 2 is 1.68 bits per heavy atom. The van der Waals surface area contributed by atoms with Crippen LogP contribution >= 0.6 is 0 Å². The van der Waals surface area contributed by atoms with Crippen molar-refractivity contribution in [2.24, 2.45) is 11.1 Å². The molecule has 0 aliphatic rings. The van der Waals surface area contributed by atoms with Crippen molar-refractivity contribution in [1.82, 2.24) is 25.6 Å². The number of hydrogen-bond donors (Lipinski definition) is 3. The molecule has 0 aliphatic carbocycles. The molecule has 4 N–H and O–H groups in total. The summed E-state index contributed by atoms with van der Waals surface area (Å²) in [6.45, 7) is 4.55. The number of primary sulfonamides is 1. The van der Waals surface area contributed by atoms with E-state index in [4.69, 9.17) is 5.14 Å². The van der Waals surface area contributed by atoms with E-state index < -0.39 is 22.0 Å². The molecule has 1 atom stereocenters. The van der Waals surface area contributed by atoms with Crippen LogP contribution in [-0.2, 0) is 27.9 Å². The Bertz CT molecular complexity index is 1220. The van der Waals surface area contributed by atoms with Crippen molar-refractivity contribution in [3.05, 3.63) is 77.6 Å². The molecule has 0 aliphatic heterocycles. The fourth-order valence-electron chi connectivity index (χ4n) is 3.30. The van der Waals surface area contributed by atoms with Crippen LogP contribution in [0.1, 0.15) is 47.9 Å². The van der Waals surface area contributed by atoms with Crippen molar-refractivity contribution in [2.75, 3.05) is 0 Å². The van der Waals surface area contributed by atoms with Crippen LogP contribution in [0.25, 0.3) is 0 Å². The second-order valence-electron chi connectivity index (χ2n) is 8.29. The lowest BCUT2D eigenvalue weighted by Crippen LogP contribution is -2.33. The zero-order valence-electron chi connectivity index (χ0n) is 19.0. The normalized spacial score (nSPS) is 12.4. The number of carbonyl (C=O) groups excluding carboxylic acids is 2. The molecule has 3 rings (SSSR count). The molecule has 1 aromatic heterocycles. The van der Waals surface area contributed by atoms with E-state index in [0.717, 1.165) is 5.56 Å². The number of amides is 2. The molecule has 2 aromatic carbocycles. The van der Waals surface area contributed by atoms with Crippen molar-refractivity contribution in [2.45, 2.75) is 44.3 Å². The number of hydrogen-bond acceptors (Lipinski definition) is 6. The SMILES string of the molecule is CC(C)C[C@@H](C(=O)NCc1ccccc1)n1cc(CNC(=O)c2ccc(S(N)(=O)=O)cc2)nn1. The van der Waals surface area contributed by atoms with Gasteiger partial charge in [0, 0.05) is 12.1 Å². The Morgan fingerprint density at radius 3 is 2.29 bits per heavy atom. The number of nitrogens with two attached hydrogens (primary N) is 1. The van der Waals surface area contributed by atoms with E-state index >= 15 is 0 Å². The third kappa shape index (κ3) is 6.96. The molecular formula is C23H28N6O4S. The fraction of sp³-hybridized carbons (Fsp3) is 0.304. The highest BCUT2D eigenvalue weighted by atomic mass is 32.2. The van der Waals surface area contributed by atoms with Gasteiger partial charge in [-0.15, -0.1) is 5.10 Å². The minimum absolute atomic E-state index is 0.0753. The van der Waals surface area contributed by atoms with Gasteiger partial charge in [0.25, 0.3) is 5.91 Å². The van der Waals surface area contributed by atoms with Crippen molar-refractivity contribution in [3.63, 3.8) is 0 Å². The van der Waals surface area contributed by atoms with Crippen LogP contribution < -0.4 is 15.8 Å². The van der Waals surface area contributed by atoms with Gasteiger partial charge >= 0.3 is 0 Å². The van der Waals surface area contributed by atoms with Crippen molar-refractivity contribution in [3.8, 4) is 0 Å². The third-order valence-electron chi connectivity index (χ3n) is 5.06. The Balaban J connectivity index is 1.62. The Morgan fingerprint density at radius 1 is 1.00 bits per heavy atom. The molecule has 3 aromatic rings. The van der Waals surface area contributed by atoms with E-state index in [1.807, 2.05) is 44.2 Å². The number of carbonyl (C=O) groups is 2. The van der Waals surface area contributed by atoms with Gasteiger partial charge in [0.2, 0.25) is 15.9 Å². The summed E-state index contributed by atoms with van der Waals surface area (Å²) in [4.78, 5) is 25.2. The van der Waals surface area contributed by atoms with Crippen LogP contribution in [-0.4, -0.2) is 35.2 Å². The summed E-state index contributed by atoms with van der Waals surface area (Å²) in [7, 11) is -3.83. The summed E-state index contributed by atoms with van der Waals surface area (Å²) in [5, 5.41) is 18.9. The van der Waals surface area contributed by atoms with E-state index in [2.05, 4.69) is 20.9 Å². The standard InChI is InChI=1S/C23H28N6O4S/c1-16(2)12-21(23(31)25-13-17-6-4-3-5-7-17)29-15-19(27-28-29)14-26-22(30)18-8-10-20(11-9-18)34(24,32)33/h3-11,15-16,21H,12-14H2,1-2H3,(H,25,31)(H,26,30)(H2,24,32,33)/t21-/m0/s1. The number of rotatable bonds is 10. The van der Waals surface area contributed by atoms with Crippen LogP contribution in [0.5, 0.6) is 0 Å². The van der Waals surface area contributed by atoms with Crippen molar-refractivity contribution >= 4 is 21.8 Å². The average molecular weight is 485 g/mol. The first kappa shape index (κ1) is 25.1. The van der Waals surface area contributed by atoms with Gasteiger partial charge in [-0.05, 0) is 42.2 Å². The van der Waals surface area contributed by atoms with Crippen LogP contribution in [0, 0.1) is 5.92 Å². The minimum Gasteiger partial charge on any atom is -0.350 e. The largest absolute Gasteiger partial charge is 0.350 e. The lowest BCUT2D eigenvalue weighted by Gasteiger charge is -2.18. The molecule has 2 amide bonds. The summed E-state index contributed by atoms with van der Waals surface area (Å²) >= 11 is 0. The summed E-state index contributed by atoms with van der Waals surface area (Å²) in [6.07, 6.45) is 2.21. The van der Waals surface area contributed by atoms with Gasteiger partial charge in [0.05, 0.1) is 17.6 Å². The quantitative estimate of drug-likeness (QED) is 0.399. The Hall–Kier alpha value is -3.57. The van der Waals surface area contributed by atoms with Gasteiger partial charge in [0.1, 0.15) is 11.7 Å². The lowest BCUT2D eigenvalue weighted by molar-refractivity contribution is -0.125. The average Bonchev–Trinajstić information content (AvgIpc) is 3.28. The molecule has 34 heavy (non-hydrogen) atoms. The second-order valence-corrected chi connectivity index (χ2v) is 9.85. The van der Waals surface area contributed by atoms with E-state index in [0.29, 0.717) is 18.7 Å². The molecule has 0 radical (unpaired) electrons.